The van der Waals surface area contributed by atoms with E-state index in [1.165, 1.54) is 0 Å². The fraction of sp³-hybridized carbons (Fsp3) is 0.385. The molecular weight excluding hydrogens is 233 g/mol. The topological polar surface area (TPSA) is 51.0 Å². The van der Waals surface area contributed by atoms with Crippen LogP contribution in [0.3, 0.4) is 0 Å². The molecule has 0 aliphatic heterocycles. The number of nitrogens with zero attached hydrogens (tertiary/aromatic N) is 2. The van der Waals surface area contributed by atoms with Gasteiger partial charge in [0.05, 0.1) is 5.69 Å². The Morgan fingerprint density at radius 1 is 1.28 bits per heavy atom. The summed E-state index contributed by atoms with van der Waals surface area (Å²) in [5, 5.41) is 2.95. The second kappa shape index (κ2) is 5.16. The molecule has 2 aromatic rings. The van der Waals surface area contributed by atoms with Crippen LogP contribution < -0.4 is 5.32 Å². The van der Waals surface area contributed by atoms with Crippen LogP contribution in [0.25, 0.3) is 11.6 Å². The van der Waals surface area contributed by atoms with Crippen LogP contribution in [0.2, 0.25) is 0 Å². The molecular formula is C13H16FN3O. The average Bonchev–Trinajstić information content (AvgIpc) is 2.77. The molecule has 0 aromatic carbocycles. The second-order valence-electron chi connectivity index (χ2n) is 4.13. The third kappa shape index (κ3) is 2.50. The maximum Gasteiger partial charge on any atom is 0.198 e. The zero-order chi connectivity index (χ0) is 13.1. The van der Waals surface area contributed by atoms with Crippen LogP contribution in [0.4, 0.5) is 10.2 Å². The van der Waals surface area contributed by atoms with Crippen LogP contribution >= 0.6 is 0 Å². The number of rotatable bonds is 4. The highest BCUT2D eigenvalue weighted by atomic mass is 19.1. The van der Waals surface area contributed by atoms with E-state index < -0.39 is 5.82 Å². The SMILES string of the molecule is CCCNc1nc(-c2ccc(C)o2)nc(C)c1F. The number of nitrogens with one attached hydrogen (secondary N) is 1. The molecule has 18 heavy (non-hydrogen) atoms. The first-order valence-corrected chi connectivity index (χ1v) is 5.96. The molecule has 1 N–H and O–H groups in total. The van der Waals surface area contributed by atoms with Crippen molar-refractivity contribution in [1.29, 1.82) is 0 Å². The molecule has 0 spiro atoms. The normalized spacial score (nSPS) is 10.7. The molecule has 2 heterocycles. The Hall–Kier alpha value is -1.91. The van der Waals surface area contributed by atoms with Crippen LogP contribution in [0.5, 0.6) is 0 Å². The molecule has 0 atom stereocenters. The molecule has 0 amide bonds. The number of halogens is 1. The molecule has 0 bridgehead atoms. The second-order valence-corrected chi connectivity index (χ2v) is 4.13. The number of hydrogen-bond donors (Lipinski definition) is 1. The van der Waals surface area contributed by atoms with Crippen molar-refractivity contribution in [3.63, 3.8) is 0 Å². The van der Waals surface area contributed by atoms with Crippen LogP contribution in [0.1, 0.15) is 24.8 Å². The Morgan fingerprint density at radius 2 is 2.06 bits per heavy atom. The molecule has 2 rings (SSSR count). The summed E-state index contributed by atoms with van der Waals surface area (Å²) in [6.07, 6.45) is 0.900. The van der Waals surface area contributed by atoms with Gasteiger partial charge in [-0.1, -0.05) is 6.92 Å². The van der Waals surface area contributed by atoms with E-state index in [1.54, 1.807) is 13.0 Å². The number of anilines is 1. The summed E-state index contributed by atoms with van der Waals surface area (Å²) >= 11 is 0. The summed E-state index contributed by atoms with van der Waals surface area (Å²) in [6.45, 7) is 6.14. The Kier molecular flexibility index (Phi) is 3.60. The summed E-state index contributed by atoms with van der Waals surface area (Å²) in [5.41, 5.74) is 0.313. The van der Waals surface area contributed by atoms with Gasteiger partial charge in [0.1, 0.15) is 5.76 Å². The van der Waals surface area contributed by atoms with Gasteiger partial charge in [0.25, 0.3) is 0 Å². The lowest BCUT2D eigenvalue weighted by Crippen LogP contribution is -2.08. The van der Waals surface area contributed by atoms with Gasteiger partial charge in [-0.25, -0.2) is 14.4 Å². The maximum absolute atomic E-state index is 13.8. The molecule has 0 saturated carbocycles. The fourth-order valence-corrected chi connectivity index (χ4v) is 1.58. The zero-order valence-corrected chi connectivity index (χ0v) is 10.7. The quantitative estimate of drug-likeness (QED) is 0.903. The first-order valence-electron chi connectivity index (χ1n) is 5.96. The van der Waals surface area contributed by atoms with Gasteiger partial charge in [-0.05, 0) is 32.4 Å². The highest BCUT2D eigenvalue weighted by molar-refractivity contribution is 5.52. The first kappa shape index (κ1) is 12.5. The lowest BCUT2D eigenvalue weighted by molar-refractivity contribution is 0.541. The Balaban J connectivity index is 2.40. The van der Waals surface area contributed by atoms with Gasteiger partial charge >= 0.3 is 0 Å². The van der Waals surface area contributed by atoms with Crippen molar-refractivity contribution in [2.24, 2.45) is 0 Å². The molecule has 4 nitrogen and oxygen atoms in total. The van der Waals surface area contributed by atoms with Crippen molar-refractivity contribution in [2.75, 3.05) is 11.9 Å². The highest BCUT2D eigenvalue weighted by Crippen LogP contribution is 2.22. The summed E-state index contributed by atoms with van der Waals surface area (Å²) in [4.78, 5) is 8.27. The van der Waals surface area contributed by atoms with Crippen molar-refractivity contribution in [2.45, 2.75) is 27.2 Å². The van der Waals surface area contributed by atoms with E-state index in [0.717, 1.165) is 12.2 Å². The Labute approximate surface area is 105 Å². The standard InChI is InChI=1S/C13H16FN3O/c1-4-7-15-13-11(14)9(3)16-12(17-13)10-6-5-8(2)18-10/h5-6H,4,7H2,1-3H3,(H,15,16,17). The molecule has 0 aliphatic rings. The highest BCUT2D eigenvalue weighted by Gasteiger charge is 2.14. The van der Waals surface area contributed by atoms with Crippen molar-refractivity contribution < 1.29 is 8.81 Å². The van der Waals surface area contributed by atoms with Crippen molar-refractivity contribution >= 4 is 5.82 Å². The summed E-state index contributed by atoms with van der Waals surface area (Å²) < 4.78 is 19.3. The molecule has 0 aliphatic carbocycles. The molecule has 0 saturated heterocycles. The van der Waals surface area contributed by atoms with Gasteiger partial charge in [0, 0.05) is 6.54 Å². The van der Waals surface area contributed by atoms with Crippen LogP contribution in [-0.4, -0.2) is 16.5 Å². The molecule has 0 unspecified atom stereocenters. The molecule has 0 radical (unpaired) electrons. The van der Waals surface area contributed by atoms with Gasteiger partial charge in [0.15, 0.2) is 23.2 Å². The molecule has 0 fully saturated rings. The lowest BCUT2D eigenvalue weighted by atomic mass is 10.3. The fourth-order valence-electron chi connectivity index (χ4n) is 1.58. The first-order chi connectivity index (χ1) is 8.61. The van der Waals surface area contributed by atoms with Gasteiger partial charge in [-0.2, -0.15) is 0 Å². The van der Waals surface area contributed by atoms with E-state index >= 15 is 0 Å². The zero-order valence-electron chi connectivity index (χ0n) is 10.7. The Morgan fingerprint density at radius 3 is 2.67 bits per heavy atom. The van der Waals surface area contributed by atoms with E-state index in [9.17, 15) is 4.39 Å². The van der Waals surface area contributed by atoms with Crippen molar-refractivity contribution in [1.82, 2.24) is 9.97 Å². The summed E-state index contributed by atoms with van der Waals surface area (Å²) in [7, 11) is 0. The Bertz CT molecular complexity index is 551. The average molecular weight is 249 g/mol. The summed E-state index contributed by atoms with van der Waals surface area (Å²) in [6, 6.07) is 3.61. The van der Waals surface area contributed by atoms with E-state index in [0.29, 0.717) is 23.8 Å². The largest absolute Gasteiger partial charge is 0.458 e. The van der Waals surface area contributed by atoms with Gasteiger partial charge in [0.2, 0.25) is 0 Å². The minimum Gasteiger partial charge on any atom is -0.458 e. The minimum absolute atomic E-state index is 0.230. The predicted molar refractivity (Wildman–Crippen MR) is 67.9 cm³/mol. The van der Waals surface area contributed by atoms with E-state index in [1.807, 2.05) is 19.9 Å². The smallest absolute Gasteiger partial charge is 0.198 e. The van der Waals surface area contributed by atoms with Crippen molar-refractivity contribution in [3.8, 4) is 11.6 Å². The number of aryl methyl sites for hydroxylation is 2. The van der Waals surface area contributed by atoms with Crippen LogP contribution in [-0.2, 0) is 0 Å². The van der Waals surface area contributed by atoms with Gasteiger partial charge < -0.3 is 9.73 Å². The summed E-state index contributed by atoms with van der Waals surface area (Å²) in [5.74, 6) is 1.55. The molecule has 5 heteroatoms. The van der Waals surface area contributed by atoms with E-state index in [-0.39, 0.29) is 5.82 Å². The van der Waals surface area contributed by atoms with Crippen molar-refractivity contribution in [3.05, 3.63) is 29.4 Å². The van der Waals surface area contributed by atoms with Gasteiger partial charge in [-0.3, -0.25) is 0 Å². The van der Waals surface area contributed by atoms with E-state index in [4.69, 9.17) is 4.42 Å². The molecule has 96 valence electrons. The third-order valence-electron chi connectivity index (χ3n) is 2.52. The number of furan rings is 1. The number of aromatic nitrogens is 2. The number of hydrogen-bond acceptors (Lipinski definition) is 4. The van der Waals surface area contributed by atoms with Gasteiger partial charge in [-0.15, -0.1) is 0 Å². The van der Waals surface area contributed by atoms with Crippen LogP contribution in [0.15, 0.2) is 16.5 Å². The van der Waals surface area contributed by atoms with E-state index in [2.05, 4.69) is 15.3 Å². The predicted octanol–water partition coefficient (Wildman–Crippen LogP) is 3.31. The monoisotopic (exact) mass is 249 g/mol. The lowest BCUT2D eigenvalue weighted by Gasteiger charge is -2.08. The molecule has 2 aromatic heterocycles. The third-order valence-corrected chi connectivity index (χ3v) is 2.52. The van der Waals surface area contributed by atoms with Crippen LogP contribution in [0, 0.1) is 19.7 Å². The minimum atomic E-state index is -0.407. The maximum atomic E-state index is 13.8.